The Labute approximate surface area is 184 Å². The molecular formula is C24H45N3O3. The Balaban J connectivity index is 0.000000226. The standard InChI is InChI=1S/C9H17NO.C8H15NO.C7H13NO/c1-9(2,3)10-7-5-4-6-8(10)11;1-8(2,3)9-6-4-5-7(9)10;1-7(2,3)8-5-4-6(8)9/h4-7H2,1-3H3;4-6H2,1-3H3;4-5H2,1-3H3. The van der Waals surface area contributed by atoms with E-state index in [1.807, 2.05) is 14.7 Å². The normalized spacial score (nSPS) is 20.3. The lowest BCUT2D eigenvalue weighted by Gasteiger charge is -2.42. The molecule has 3 rings (SSSR count). The Morgan fingerprint density at radius 3 is 1.00 bits per heavy atom. The average molecular weight is 424 g/mol. The zero-order valence-electron chi connectivity index (χ0n) is 20.9. The molecule has 3 fully saturated rings. The second-order valence-electron chi connectivity index (χ2n) is 11.5. The maximum atomic E-state index is 11.4. The molecule has 0 aromatic rings. The lowest BCUT2D eigenvalue weighted by molar-refractivity contribution is -0.146. The largest absolute Gasteiger partial charge is 0.338 e. The van der Waals surface area contributed by atoms with Crippen molar-refractivity contribution in [2.75, 3.05) is 19.6 Å². The Kier molecular flexibility index (Phi) is 8.94. The van der Waals surface area contributed by atoms with Crippen molar-refractivity contribution >= 4 is 17.7 Å². The quantitative estimate of drug-likeness (QED) is 0.548. The smallest absolute Gasteiger partial charge is 0.224 e. The summed E-state index contributed by atoms with van der Waals surface area (Å²) in [7, 11) is 0. The number of carbonyl (C=O) groups excluding carboxylic acids is 3. The first-order valence-corrected chi connectivity index (χ1v) is 11.5. The van der Waals surface area contributed by atoms with Gasteiger partial charge in [0.1, 0.15) is 0 Å². The number of piperidine rings is 1. The van der Waals surface area contributed by atoms with Gasteiger partial charge in [0, 0.05) is 55.5 Å². The van der Waals surface area contributed by atoms with E-state index in [-0.39, 0.29) is 16.6 Å². The third-order valence-electron chi connectivity index (χ3n) is 5.68. The molecule has 0 bridgehead atoms. The summed E-state index contributed by atoms with van der Waals surface area (Å²) in [5, 5.41) is 0. The topological polar surface area (TPSA) is 60.9 Å². The van der Waals surface area contributed by atoms with Crippen LogP contribution in [-0.4, -0.2) is 68.7 Å². The first-order chi connectivity index (χ1) is 13.5. The molecule has 3 aliphatic heterocycles. The summed E-state index contributed by atoms with van der Waals surface area (Å²) in [6.45, 7) is 21.5. The second-order valence-corrected chi connectivity index (χ2v) is 11.5. The monoisotopic (exact) mass is 423 g/mol. The van der Waals surface area contributed by atoms with E-state index in [0.29, 0.717) is 17.7 Å². The summed E-state index contributed by atoms with van der Waals surface area (Å²) >= 11 is 0. The van der Waals surface area contributed by atoms with Gasteiger partial charge >= 0.3 is 0 Å². The molecule has 0 saturated carbocycles. The highest BCUT2D eigenvalue weighted by Gasteiger charge is 2.33. The van der Waals surface area contributed by atoms with Crippen LogP contribution < -0.4 is 0 Å². The number of amides is 3. The van der Waals surface area contributed by atoms with E-state index in [4.69, 9.17) is 0 Å². The van der Waals surface area contributed by atoms with Crippen LogP contribution in [0.25, 0.3) is 0 Å². The van der Waals surface area contributed by atoms with Crippen molar-refractivity contribution in [3.05, 3.63) is 0 Å². The number of β-lactam (4-membered cyclic amide) rings is 1. The lowest BCUT2D eigenvalue weighted by atomic mass is 10.0. The van der Waals surface area contributed by atoms with Crippen molar-refractivity contribution in [2.24, 2.45) is 0 Å². The fraction of sp³-hybridized carbons (Fsp3) is 0.875. The zero-order chi connectivity index (χ0) is 23.3. The van der Waals surface area contributed by atoms with E-state index >= 15 is 0 Å². The van der Waals surface area contributed by atoms with E-state index in [9.17, 15) is 14.4 Å². The van der Waals surface area contributed by atoms with Crippen LogP contribution >= 0.6 is 0 Å². The predicted molar refractivity (Wildman–Crippen MR) is 122 cm³/mol. The maximum Gasteiger partial charge on any atom is 0.224 e. The number of nitrogens with zero attached hydrogens (tertiary/aromatic N) is 3. The average Bonchev–Trinajstić information content (AvgIpc) is 2.99. The number of hydrogen-bond acceptors (Lipinski definition) is 3. The van der Waals surface area contributed by atoms with Crippen LogP contribution in [0.4, 0.5) is 0 Å². The van der Waals surface area contributed by atoms with Crippen molar-refractivity contribution in [3.8, 4) is 0 Å². The van der Waals surface area contributed by atoms with Gasteiger partial charge in [-0.3, -0.25) is 14.4 Å². The molecule has 3 saturated heterocycles. The highest BCUT2D eigenvalue weighted by atomic mass is 16.2. The molecule has 0 radical (unpaired) electrons. The van der Waals surface area contributed by atoms with Crippen LogP contribution in [0, 0.1) is 0 Å². The van der Waals surface area contributed by atoms with Gasteiger partial charge in [-0.15, -0.1) is 0 Å². The number of carbonyl (C=O) groups is 3. The molecule has 0 unspecified atom stereocenters. The van der Waals surface area contributed by atoms with Gasteiger partial charge < -0.3 is 14.7 Å². The van der Waals surface area contributed by atoms with Gasteiger partial charge in [0.05, 0.1) is 0 Å². The Bertz CT molecular complexity index is 609. The summed E-state index contributed by atoms with van der Waals surface area (Å²) in [5.41, 5.74) is 0.112. The van der Waals surface area contributed by atoms with Gasteiger partial charge in [-0.25, -0.2) is 0 Å². The molecule has 3 heterocycles. The summed E-state index contributed by atoms with van der Waals surface area (Å²) in [4.78, 5) is 39.1. The zero-order valence-corrected chi connectivity index (χ0v) is 20.9. The predicted octanol–water partition coefficient (Wildman–Crippen LogP) is 4.22. The summed E-state index contributed by atoms with van der Waals surface area (Å²) < 4.78 is 0. The van der Waals surface area contributed by atoms with Gasteiger partial charge in [-0.05, 0) is 81.6 Å². The van der Waals surface area contributed by atoms with Crippen LogP contribution in [0.3, 0.4) is 0 Å². The summed E-state index contributed by atoms with van der Waals surface area (Å²) in [6.07, 6.45) is 5.52. The molecule has 0 aromatic carbocycles. The van der Waals surface area contributed by atoms with Gasteiger partial charge in [0.2, 0.25) is 17.7 Å². The van der Waals surface area contributed by atoms with Crippen LogP contribution in [-0.2, 0) is 14.4 Å². The molecular weight excluding hydrogens is 378 g/mol. The van der Waals surface area contributed by atoms with Gasteiger partial charge in [-0.2, -0.15) is 0 Å². The summed E-state index contributed by atoms with van der Waals surface area (Å²) in [6, 6.07) is 0. The third kappa shape index (κ3) is 7.92. The van der Waals surface area contributed by atoms with E-state index < -0.39 is 0 Å². The number of rotatable bonds is 0. The molecule has 0 aliphatic carbocycles. The van der Waals surface area contributed by atoms with Gasteiger partial charge in [0.15, 0.2) is 0 Å². The molecule has 0 aromatic heterocycles. The number of likely N-dealkylation sites (tertiary alicyclic amines) is 3. The molecule has 3 aliphatic rings. The molecule has 174 valence electrons. The first kappa shape index (κ1) is 26.4. The molecule has 3 amide bonds. The first-order valence-electron chi connectivity index (χ1n) is 11.5. The van der Waals surface area contributed by atoms with Crippen LogP contribution in [0.15, 0.2) is 0 Å². The van der Waals surface area contributed by atoms with E-state index in [1.165, 1.54) is 6.42 Å². The minimum Gasteiger partial charge on any atom is -0.338 e. The van der Waals surface area contributed by atoms with Crippen LogP contribution in [0.1, 0.15) is 101 Å². The number of hydrogen-bond donors (Lipinski definition) is 0. The fourth-order valence-corrected chi connectivity index (χ4v) is 3.90. The van der Waals surface area contributed by atoms with Crippen LogP contribution in [0.2, 0.25) is 0 Å². The van der Waals surface area contributed by atoms with Crippen molar-refractivity contribution in [2.45, 2.75) is 117 Å². The van der Waals surface area contributed by atoms with Crippen LogP contribution in [0.5, 0.6) is 0 Å². The maximum absolute atomic E-state index is 11.4. The highest BCUT2D eigenvalue weighted by Crippen LogP contribution is 2.22. The van der Waals surface area contributed by atoms with Crippen molar-refractivity contribution in [3.63, 3.8) is 0 Å². The molecule has 0 N–H and O–H groups in total. The second kappa shape index (κ2) is 10.1. The Morgan fingerprint density at radius 1 is 0.467 bits per heavy atom. The molecule has 6 heteroatoms. The van der Waals surface area contributed by atoms with Crippen molar-refractivity contribution in [1.82, 2.24) is 14.7 Å². The van der Waals surface area contributed by atoms with Crippen molar-refractivity contribution < 1.29 is 14.4 Å². The SMILES string of the molecule is CC(C)(C)N1CCC1=O.CC(C)(C)N1CCCC1=O.CC(C)(C)N1CCCCC1=O. The molecule has 0 atom stereocenters. The van der Waals surface area contributed by atoms with Crippen molar-refractivity contribution in [1.29, 1.82) is 0 Å². The molecule has 6 nitrogen and oxygen atoms in total. The van der Waals surface area contributed by atoms with E-state index in [2.05, 4.69) is 62.3 Å². The van der Waals surface area contributed by atoms with Gasteiger partial charge in [-0.1, -0.05) is 0 Å². The van der Waals surface area contributed by atoms with E-state index in [1.54, 1.807) is 0 Å². The lowest BCUT2D eigenvalue weighted by Crippen LogP contribution is -2.54. The third-order valence-corrected chi connectivity index (χ3v) is 5.68. The van der Waals surface area contributed by atoms with Gasteiger partial charge in [0.25, 0.3) is 0 Å². The molecule has 30 heavy (non-hydrogen) atoms. The van der Waals surface area contributed by atoms with E-state index in [0.717, 1.165) is 51.7 Å². The Morgan fingerprint density at radius 2 is 0.800 bits per heavy atom. The Hall–Kier alpha value is -1.59. The molecule has 0 spiro atoms. The fourth-order valence-electron chi connectivity index (χ4n) is 3.90. The highest BCUT2D eigenvalue weighted by molar-refractivity contribution is 5.82. The summed E-state index contributed by atoms with van der Waals surface area (Å²) in [5.74, 6) is 0.929. The minimum absolute atomic E-state index is 0.0253. The minimum atomic E-state index is 0.0253.